The molecule has 7 nitrogen and oxygen atoms in total. The van der Waals surface area contributed by atoms with E-state index < -0.39 is 28.2 Å². The molecule has 0 saturated carbocycles. The molecule has 0 aliphatic carbocycles. The number of rotatable bonds is 5. The average Bonchev–Trinajstić information content (AvgIpc) is 2.62. The minimum absolute atomic E-state index is 0. The van der Waals surface area contributed by atoms with Crippen LogP contribution in [-0.2, 0) is 20.2 Å². The second-order valence-corrected chi connectivity index (χ2v) is 10.7. The second-order valence-electron chi connectivity index (χ2n) is 5.61. The Labute approximate surface area is 262 Å². The summed E-state index contributed by atoms with van der Waals surface area (Å²) in [5.74, 6) is 0. The summed E-state index contributed by atoms with van der Waals surface area (Å²) in [6.07, 6.45) is 0. The van der Waals surface area contributed by atoms with E-state index in [1.54, 1.807) is 24.3 Å². The van der Waals surface area contributed by atoms with Crippen LogP contribution in [0.4, 0.5) is 0 Å². The van der Waals surface area contributed by atoms with E-state index in [1.165, 1.54) is 24.3 Å². The fourth-order valence-electron chi connectivity index (χ4n) is 2.56. The van der Waals surface area contributed by atoms with Gasteiger partial charge in [0.2, 0.25) is 0 Å². The molecule has 4 N–H and O–H groups in total. The average molecular weight is 519 g/mol. The summed E-state index contributed by atoms with van der Waals surface area (Å²) in [4.78, 5) is -0.396. The molecular weight excluding hydrogens is 501 g/mol. The molecule has 30 heavy (non-hydrogen) atoms. The van der Waals surface area contributed by atoms with Crippen molar-refractivity contribution in [2.45, 2.75) is 9.79 Å². The van der Waals surface area contributed by atoms with Gasteiger partial charge in [-0.15, -0.1) is 0 Å². The Balaban J connectivity index is 0.00000280. The molecule has 3 aromatic rings. The molecule has 0 amide bonds. The molecule has 0 fully saturated rings. The molecule has 0 saturated heterocycles. The van der Waals surface area contributed by atoms with E-state index in [0.29, 0.717) is 0 Å². The molecule has 3 rings (SSSR count). The van der Waals surface area contributed by atoms with Gasteiger partial charge in [-0.05, 0) is 48.1 Å². The van der Waals surface area contributed by atoms with Gasteiger partial charge in [0, 0.05) is 103 Å². The summed E-state index contributed by atoms with van der Waals surface area (Å²) in [6, 6.07) is 21.3. The van der Waals surface area contributed by atoms with Crippen LogP contribution in [0, 0.1) is 0 Å². The van der Waals surface area contributed by atoms with Gasteiger partial charge in [0.15, 0.2) is 0 Å². The number of hydrogen-bond donors (Lipinski definition) is 2. The van der Waals surface area contributed by atoms with Gasteiger partial charge in [0.1, 0.15) is 0 Å². The van der Waals surface area contributed by atoms with Crippen molar-refractivity contribution in [1.82, 2.24) is 0 Å². The summed E-state index contributed by atoms with van der Waals surface area (Å²) in [6.45, 7) is 0. The molecule has 0 bridgehead atoms. The Hall–Kier alpha value is 1.14. The zero-order valence-electron chi connectivity index (χ0n) is 16.3. The molecule has 0 aliphatic rings. The van der Waals surface area contributed by atoms with Crippen LogP contribution in [0.15, 0.2) is 88.7 Å². The van der Waals surface area contributed by atoms with Crippen molar-refractivity contribution in [3.05, 3.63) is 78.9 Å². The third-order valence-electron chi connectivity index (χ3n) is 3.80. The Morgan fingerprint density at radius 1 is 0.533 bits per heavy atom. The summed E-state index contributed by atoms with van der Waals surface area (Å²) < 4.78 is 63.4. The van der Waals surface area contributed by atoms with Crippen molar-refractivity contribution in [1.29, 1.82) is 0 Å². The first kappa shape index (κ1) is 31.1. The van der Waals surface area contributed by atoms with E-state index in [-0.39, 0.29) is 118 Å². The number of hydrogen-bond acceptors (Lipinski definition) is 4. The van der Waals surface area contributed by atoms with Crippen LogP contribution in [0.25, 0.3) is 0 Å². The minimum atomic E-state index is -4.28. The first-order chi connectivity index (χ1) is 12.7. The molecule has 0 aliphatic heterocycles. The van der Waals surface area contributed by atoms with Crippen LogP contribution >= 0.6 is 7.92 Å². The minimum Gasteiger partial charge on any atom is -0.412 e. The zero-order chi connectivity index (χ0) is 19.7. The molecule has 0 atom stereocenters. The van der Waals surface area contributed by atoms with Gasteiger partial charge in [-0.25, -0.2) is 0 Å². The fraction of sp³-hybridized carbons (Fsp3) is 0. The quantitative estimate of drug-likeness (QED) is 0.284. The van der Waals surface area contributed by atoms with Gasteiger partial charge in [0.05, 0.1) is 9.79 Å². The topological polar surface area (TPSA) is 140 Å². The summed E-state index contributed by atoms with van der Waals surface area (Å²) >= 11 is 0. The van der Waals surface area contributed by atoms with Crippen LogP contribution in [-0.4, -0.2) is 134 Å². The van der Waals surface area contributed by atoms with Crippen molar-refractivity contribution < 1.29 is 31.4 Å². The maximum absolute atomic E-state index is 11.3. The van der Waals surface area contributed by atoms with E-state index in [0.717, 1.165) is 15.9 Å². The Bertz CT molecular complexity index is 1080. The SMILES string of the molecule is O.O=S(=O)(O)c1ccc(P(c2ccccc2)c2ccc(S(=O)(=O)O)cc2)cc1.[K].[K]. The zero-order valence-corrected chi connectivity index (χ0v) is 25.1. The molecule has 150 valence electrons. The maximum Gasteiger partial charge on any atom is 0.294 e. The van der Waals surface area contributed by atoms with Gasteiger partial charge in [-0.2, -0.15) is 16.8 Å². The van der Waals surface area contributed by atoms with E-state index in [1.807, 2.05) is 30.3 Å². The van der Waals surface area contributed by atoms with Crippen LogP contribution in [0.5, 0.6) is 0 Å². The van der Waals surface area contributed by atoms with Crippen LogP contribution in [0.3, 0.4) is 0 Å². The molecule has 2 radical (unpaired) electrons. The smallest absolute Gasteiger partial charge is 0.294 e. The van der Waals surface area contributed by atoms with Gasteiger partial charge < -0.3 is 5.48 Å². The van der Waals surface area contributed by atoms with Crippen molar-refractivity contribution in [3.8, 4) is 0 Å². The predicted molar refractivity (Wildman–Crippen MR) is 120 cm³/mol. The summed E-state index contributed by atoms with van der Waals surface area (Å²) in [7, 11) is -9.66. The molecule has 0 heterocycles. The molecule has 0 unspecified atom stereocenters. The van der Waals surface area contributed by atoms with E-state index in [4.69, 9.17) is 9.11 Å². The van der Waals surface area contributed by atoms with Gasteiger partial charge >= 0.3 is 0 Å². The Morgan fingerprint density at radius 2 is 0.833 bits per heavy atom. The van der Waals surface area contributed by atoms with Crippen molar-refractivity contribution in [2.24, 2.45) is 0 Å². The van der Waals surface area contributed by atoms with E-state index >= 15 is 0 Å². The Morgan fingerprint density at radius 3 is 1.13 bits per heavy atom. The molecule has 3 aromatic carbocycles. The molecule has 12 heteroatoms. The van der Waals surface area contributed by atoms with Crippen molar-refractivity contribution >= 4 is 147 Å². The van der Waals surface area contributed by atoms with Crippen molar-refractivity contribution in [2.75, 3.05) is 0 Å². The maximum atomic E-state index is 11.3. The second kappa shape index (κ2) is 13.1. The van der Waals surface area contributed by atoms with Crippen LogP contribution in [0.1, 0.15) is 0 Å². The molecule has 0 aromatic heterocycles. The largest absolute Gasteiger partial charge is 0.412 e. The third-order valence-corrected chi connectivity index (χ3v) is 7.98. The number of benzene rings is 3. The molecular formula is C18H17K2O7PS2. The summed E-state index contributed by atoms with van der Waals surface area (Å²) in [5.41, 5.74) is 0. The van der Waals surface area contributed by atoms with Gasteiger partial charge in [-0.1, -0.05) is 54.6 Å². The monoisotopic (exact) mass is 518 g/mol. The predicted octanol–water partition coefficient (Wildman–Crippen LogP) is 0.352. The van der Waals surface area contributed by atoms with E-state index in [2.05, 4.69) is 0 Å². The third kappa shape index (κ3) is 8.17. The van der Waals surface area contributed by atoms with Crippen LogP contribution in [0.2, 0.25) is 0 Å². The van der Waals surface area contributed by atoms with Crippen molar-refractivity contribution in [3.63, 3.8) is 0 Å². The Kier molecular flexibility index (Phi) is 13.6. The molecule has 0 spiro atoms. The fourth-order valence-corrected chi connectivity index (χ4v) is 5.78. The standard InChI is InChI=1S/C18H15O6PS2.2K.H2O/c19-26(20,21)17-10-6-15(7-11-17)25(14-4-2-1-3-5-14)16-8-12-18(13-9-16)27(22,23)24;;;/h1-13H,(H,19,20,21)(H,22,23,24);;;1H2. The first-order valence-electron chi connectivity index (χ1n) is 7.66. The van der Waals surface area contributed by atoms with Gasteiger partial charge in [-0.3, -0.25) is 9.11 Å². The first-order valence-corrected chi connectivity index (χ1v) is 11.9. The van der Waals surface area contributed by atoms with Gasteiger partial charge in [0.25, 0.3) is 20.2 Å². The van der Waals surface area contributed by atoms with Crippen LogP contribution < -0.4 is 15.9 Å². The van der Waals surface area contributed by atoms with E-state index in [9.17, 15) is 16.8 Å². The normalized spacial score (nSPS) is 11.0. The summed E-state index contributed by atoms with van der Waals surface area (Å²) in [5, 5.41) is 2.62.